The summed E-state index contributed by atoms with van der Waals surface area (Å²) in [5, 5.41) is 7.17. The van der Waals surface area contributed by atoms with E-state index in [2.05, 4.69) is 53.6 Å². The molecule has 0 radical (unpaired) electrons. The van der Waals surface area contributed by atoms with Crippen molar-refractivity contribution in [1.82, 2.24) is 20.4 Å². The number of aliphatic imine (C=N–C) groups is 1. The SMILES string of the molecule is CCNC(=NCC(C)Sc1ccccc1)NCCN1CCN(C(C)=O)CC1.I. The molecule has 8 heteroatoms. The molecule has 28 heavy (non-hydrogen) atoms. The summed E-state index contributed by atoms with van der Waals surface area (Å²) in [6.07, 6.45) is 0. The van der Waals surface area contributed by atoms with Gasteiger partial charge in [0.25, 0.3) is 0 Å². The van der Waals surface area contributed by atoms with Crippen molar-refractivity contribution in [3.05, 3.63) is 30.3 Å². The normalized spacial score (nSPS) is 16.2. The van der Waals surface area contributed by atoms with Crippen LogP contribution in [-0.2, 0) is 4.79 Å². The molecule has 1 aromatic carbocycles. The van der Waals surface area contributed by atoms with Crippen LogP contribution in [-0.4, -0.2) is 79.3 Å². The predicted octanol–water partition coefficient (Wildman–Crippen LogP) is 2.50. The van der Waals surface area contributed by atoms with Gasteiger partial charge in [-0.1, -0.05) is 25.1 Å². The van der Waals surface area contributed by atoms with Gasteiger partial charge >= 0.3 is 0 Å². The van der Waals surface area contributed by atoms with Crippen LogP contribution in [0.5, 0.6) is 0 Å². The number of piperazine rings is 1. The van der Waals surface area contributed by atoms with E-state index in [1.165, 1.54) is 4.90 Å². The summed E-state index contributed by atoms with van der Waals surface area (Å²) in [4.78, 5) is 21.7. The number of guanidine groups is 1. The molecule has 1 aliphatic heterocycles. The van der Waals surface area contributed by atoms with Crippen molar-refractivity contribution in [1.29, 1.82) is 0 Å². The smallest absolute Gasteiger partial charge is 0.219 e. The van der Waals surface area contributed by atoms with Crippen molar-refractivity contribution in [3.8, 4) is 0 Å². The number of nitrogens with one attached hydrogen (secondary N) is 2. The Morgan fingerprint density at radius 2 is 1.86 bits per heavy atom. The minimum atomic E-state index is 0. The molecule has 2 rings (SSSR count). The second-order valence-electron chi connectivity index (χ2n) is 6.74. The average Bonchev–Trinajstić information content (AvgIpc) is 2.67. The molecule has 0 aliphatic carbocycles. The van der Waals surface area contributed by atoms with Gasteiger partial charge in [0.1, 0.15) is 0 Å². The minimum absolute atomic E-state index is 0. The van der Waals surface area contributed by atoms with Crippen LogP contribution >= 0.6 is 35.7 Å². The Hall–Kier alpha value is -1.00. The summed E-state index contributed by atoms with van der Waals surface area (Å²) in [5.41, 5.74) is 0. The summed E-state index contributed by atoms with van der Waals surface area (Å²) < 4.78 is 0. The third kappa shape index (κ3) is 9.47. The number of halogens is 1. The van der Waals surface area contributed by atoms with Crippen LogP contribution in [0.25, 0.3) is 0 Å². The van der Waals surface area contributed by atoms with Gasteiger partial charge in [-0.15, -0.1) is 35.7 Å². The van der Waals surface area contributed by atoms with E-state index in [4.69, 9.17) is 4.99 Å². The Kier molecular flexibility index (Phi) is 12.6. The maximum Gasteiger partial charge on any atom is 0.219 e. The first-order chi connectivity index (χ1) is 13.1. The van der Waals surface area contributed by atoms with Crippen molar-refractivity contribution in [2.75, 3.05) is 52.4 Å². The molecule has 1 atom stereocenters. The minimum Gasteiger partial charge on any atom is -0.357 e. The molecule has 0 saturated carbocycles. The molecular formula is C20H34IN5OS. The Morgan fingerprint density at radius 3 is 2.46 bits per heavy atom. The summed E-state index contributed by atoms with van der Waals surface area (Å²) in [7, 11) is 0. The lowest BCUT2D eigenvalue weighted by Crippen LogP contribution is -2.50. The molecule has 6 nitrogen and oxygen atoms in total. The zero-order valence-corrected chi connectivity index (χ0v) is 20.3. The number of thioether (sulfide) groups is 1. The first kappa shape index (κ1) is 25.0. The standard InChI is InChI=1S/C20H33N5OS.HI/c1-4-21-20(23-16-17(2)27-19-8-6-5-7-9-19)22-10-11-24-12-14-25(15-13-24)18(3)26;/h5-9,17H,4,10-16H2,1-3H3,(H2,21,22,23);1H. The fourth-order valence-electron chi connectivity index (χ4n) is 2.95. The molecule has 158 valence electrons. The van der Waals surface area contributed by atoms with E-state index < -0.39 is 0 Å². The molecule has 1 aromatic rings. The van der Waals surface area contributed by atoms with E-state index >= 15 is 0 Å². The topological polar surface area (TPSA) is 60.0 Å². The number of amides is 1. The van der Waals surface area contributed by atoms with Crippen molar-refractivity contribution in [2.24, 2.45) is 4.99 Å². The monoisotopic (exact) mass is 519 g/mol. The van der Waals surface area contributed by atoms with E-state index in [-0.39, 0.29) is 29.9 Å². The summed E-state index contributed by atoms with van der Waals surface area (Å²) in [5.74, 6) is 1.05. The maximum atomic E-state index is 11.4. The number of carbonyl (C=O) groups excluding carboxylic acids is 1. The van der Waals surface area contributed by atoms with Gasteiger partial charge in [-0.05, 0) is 19.1 Å². The van der Waals surface area contributed by atoms with Gasteiger partial charge in [0.15, 0.2) is 5.96 Å². The molecular weight excluding hydrogens is 485 g/mol. The molecule has 1 heterocycles. The van der Waals surface area contributed by atoms with Gasteiger partial charge in [0.2, 0.25) is 5.91 Å². The number of hydrogen-bond acceptors (Lipinski definition) is 4. The fraction of sp³-hybridized carbons (Fsp3) is 0.600. The molecule has 1 amide bonds. The summed E-state index contributed by atoms with van der Waals surface area (Å²) in [6.45, 7) is 12.9. The van der Waals surface area contributed by atoms with Gasteiger partial charge in [-0.2, -0.15) is 0 Å². The van der Waals surface area contributed by atoms with E-state index in [9.17, 15) is 4.79 Å². The molecule has 0 spiro atoms. The Balaban J connectivity index is 0.00000392. The second kappa shape index (κ2) is 14.1. The van der Waals surface area contributed by atoms with E-state index in [1.807, 2.05) is 22.7 Å². The highest BCUT2D eigenvalue weighted by Gasteiger charge is 2.17. The zero-order chi connectivity index (χ0) is 19.5. The molecule has 1 aliphatic rings. The number of benzene rings is 1. The second-order valence-corrected chi connectivity index (χ2v) is 8.25. The quantitative estimate of drug-likeness (QED) is 0.239. The molecule has 0 bridgehead atoms. The Bertz CT molecular complexity index is 594. The molecule has 0 aromatic heterocycles. The lowest BCUT2D eigenvalue weighted by Gasteiger charge is -2.34. The van der Waals surface area contributed by atoms with Gasteiger partial charge in [-0.25, -0.2) is 0 Å². The average molecular weight is 519 g/mol. The number of carbonyl (C=O) groups is 1. The van der Waals surface area contributed by atoms with Crippen LogP contribution in [0, 0.1) is 0 Å². The number of hydrogen-bond donors (Lipinski definition) is 2. The molecule has 2 N–H and O–H groups in total. The molecule has 1 fully saturated rings. The van der Waals surface area contributed by atoms with Gasteiger partial charge in [-0.3, -0.25) is 14.7 Å². The van der Waals surface area contributed by atoms with Crippen LogP contribution < -0.4 is 10.6 Å². The molecule has 1 unspecified atom stereocenters. The Morgan fingerprint density at radius 1 is 1.18 bits per heavy atom. The zero-order valence-electron chi connectivity index (χ0n) is 17.2. The summed E-state index contributed by atoms with van der Waals surface area (Å²) in [6, 6.07) is 10.5. The predicted molar refractivity (Wildman–Crippen MR) is 130 cm³/mol. The van der Waals surface area contributed by atoms with Crippen molar-refractivity contribution >= 4 is 47.6 Å². The van der Waals surface area contributed by atoms with Crippen molar-refractivity contribution in [2.45, 2.75) is 30.9 Å². The Labute approximate surface area is 190 Å². The van der Waals surface area contributed by atoms with Crippen LogP contribution in [0.2, 0.25) is 0 Å². The largest absolute Gasteiger partial charge is 0.357 e. The van der Waals surface area contributed by atoms with Crippen LogP contribution in [0.1, 0.15) is 20.8 Å². The third-order valence-corrected chi connectivity index (χ3v) is 5.57. The number of nitrogens with zero attached hydrogens (tertiary/aromatic N) is 3. The van der Waals surface area contributed by atoms with Gasteiger partial charge < -0.3 is 15.5 Å². The van der Waals surface area contributed by atoms with Gasteiger partial charge in [0.05, 0.1) is 6.54 Å². The van der Waals surface area contributed by atoms with Gasteiger partial charge in [0, 0.05) is 62.9 Å². The third-order valence-electron chi connectivity index (χ3n) is 4.47. The van der Waals surface area contributed by atoms with E-state index in [0.717, 1.165) is 58.3 Å². The lowest BCUT2D eigenvalue weighted by atomic mass is 10.3. The maximum absolute atomic E-state index is 11.4. The first-order valence-electron chi connectivity index (χ1n) is 9.80. The van der Waals surface area contributed by atoms with Crippen LogP contribution in [0.3, 0.4) is 0 Å². The fourth-order valence-corrected chi connectivity index (χ4v) is 3.88. The summed E-state index contributed by atoms with van der Waals surface area (Å²) >= 11 is 1.85. The van der Waals surface area contributed by atoms with Crippen LogP contribution in [0.15, 0.2) is 40.2 Å². The first-order valence-corrected chi connectivity index (χ1v) is 10.7. The van der Waals surface area contributed by atoms with E-state index in [0.29, 0.717) is 5.25 Å². The van der Waals surface area contributed by atoms with Crippen LogP contribution in [0.4, 0.5) is 0 Å². The van der Waals surface area contributed by atoms with Crippen molar-refractivity contribution in [3.63, 3.8) is 0 Å². The number of rotatable bonds is 8. The highest BCUT2D eigenvalue weighted by Crippen LogP contribution is 2.22. The highest BCUT2D eigenvalue weighted by atomic mass is 127. The van der Waals surface area contributed by atoms with E-state index in [1.54, 1.807) is 6.92 Å². The highest BCUT2D eigenvalue weighted by molar-refractivity contribution is 14.0. The lowest BCUT2D eigenvalue weighted by molar-refractivity contribution is -0.130. The van der Waals surface area contributed by atoms with Crippen molar-refractivity contribution < 1.29 is 4.79 Å². The molecule has 1 saturated heterocycles.